The zero-order valence-electron chi connectivity index (χ0n) is 15.9. The van der Waals surface area contributed by atoms with Crippen molar-refractivity contribution in [2.24, 2.45) is 0 Å². The number of esters is 1. The fourth-order valence-corrected chi connectivity index (χ4v) is 2.49. The number of nitrogens with zero attached hydrogens (tertiary/aromatic N) is 1. The summed E-state index contributed by atoms with van der Waals surface area (Å²) in [6.45, 7) is 2.32. The average molecular weight is 373 g/mol. The van der Waals surface area contributed by atoms with E-state index in [2.05, 4.69) is 4.74 Å². The first kappa shape index (κ1) is 20.1. The van der Waals surface area contributed by atoms with Crippen LogP contribution < -0.4 is 14.4 Å². The lowest BCUT2D eigenvalue weighted by Gasteiger charge is -2.21. The molecular formula is C20H23NO6. The normalized spacial score (nSPS) is 10.1. The van der Waals surface area contributed by atoms with Crippen molar-refractivity contribution in [1.82, 2.24) is 0 Å². The van der Waals surface area contributed by atoms with Gasteiger partial charge in [0.15, 0.2) is 0 Å². The topological polar surface area (TPSA) is 74.3 Å². The number of hydrogen-bond donors (Lipinski definition) is 0. The molecule has 0 unspecified atom stereocenters. The molecule has 0 bridgehead atoms. The Bertz CT molecular complexity index is 765. The van der Waals surface area contributed by atoms with Crippen LogP contribution in [0.4, 0.5) is 10.5 Å². The summed E-state index contributed by atoms with van der Waals surface area (Å²) in [5.74, 6) is 0.802. The zero-order chi connectivity index (χ0) is 19.8. The number of benzene rings is 2. The van der Waals surface area contributed by atoms with Gasteiger partial charge in [-0.05, 0) is 48.9 Å². The van der Waals surface area contributed by atoms with Crippen LogP contribution in [0, 0.1) is 0 Å². The van der Waals surface area contributed by atoms with Crippen LogP contribution >= 0.6 is 0 Å². The van der Waals surface area contributed by atoms with Gasteiger partial charge in [0, 0.05) is 18.3 Å². The van der Waals surface area contributed by atoms with E-state index in [4.69, 9.17) is 14.2 Å². The largest absolute Gasteiger partial charge is 0.497 e. The van der Waals surface area contributed by atoms with Gasteiger partial charge in [-0.2, -0.15) is 0 Å². The third-order valence-electron chi connectivity index (χ3n) is 3.91. The molecule has 7 heteroatoms. The molecule has 7 nitrogen and oxygen atoms in total. The van der Waals surface area contributed by atoms with Crippen LogP contribution in [0.25, 0.3) is 0 Å². The molecule has 0 saturated carbocycles. The van der Waals surface area contributed by atoms with E-state index in [1.165, 1.54) is 12.0 Å². The highest BCUT2D eigenvalue weighted by Gasteiger charge is 2.17. The molecule has 0 heterocycles. The molecule has 0 fully saturated rings. The van der Waals surface area contributed by atoms with Gasteiger partial charge in [0.1, 0.15) is 18.1 Å². The third-order valence-corrected chi connectivity index (χ3v) is 3.91. The second-order valence-electron chi connectivity index (χ2n) is 5.56. The van der Waals surface area contributed by atoms with Gasteiger partial charge < -0.3 is 18.9 Å². The molecule has 0 aliphatic heterocycles. The summed E-state index contributed by atoms with van der Waals surface area (Å²) in [6.07, 6.45) is -0.495. The van der Waals surface area contributed by atoms with Crippen LogP contribution in [0.1, 0.15) is 22.8 Å². The maximum atomic E-state index is 12.5. The molecule has 2 aromatic rings. The molecule has 144 valence electrons. The molecule has 1 amide bonds. The molecule has 2 aromatic carbocycles. The fourth-order valence-electron chi connectivity index (χ4n) is 2.49. The number of anilines is 1. The minimum Gasteiger partial charge on any atom is -0.497 e. The van der Waals surface area contributed by atoms with Crippen molar-refractivity contribution in [2.45, 2.75) is 13.5 Å². The average Bonchev–Trinajstić information content (AvgIpc) is 2.72. The highest BCUT2D eigenvalue weighted by atomic mass is 16.6. The summed E-state index contributed by atoms with van der Waals surface area (Å²) in [4.78, 5) is 25.5. The van der Waals surface area contributed by atoms with Crippen molar-refractivity contribution in [3.63, 3.8) is 0 Å². The van der Waals surface area contributed by atoms with Crippen molar-refractivity contribution in [3.05, 3.63) is 53.6 Å². The van der Waals surface area contributed by atoms with Gasteiger partial charge in [0.05, 0.1) is 26.9 Å². The van der Waals surface area contributed by atoms with Gasteiger partial charge in [-0.3, -0.25) is 4.90 Å². The number of amides is 1. The smallest absolute Gasteiger partial charge is 0.414 e. The van der Waals surface area contributed by atoms with E-state index in [-0.39, 0.29) is 6.61 Å². The first-order chi connectivity index (χ1) is 13.0. The minimum atomic E-state index is -0.495. The van der Waals surface area contributed by atoms with Crippen LogP contribution in [0.5, 0.6) is 11.5 Å². The minimum absolute atomic E-state index is 0.0726. The Hall–Kier alpha value is -3.22. The summed E-state index contributed by atoms with van der Waals surface area (Å²) in [5, 5.41) is 0. The first-order valence-corrected chi connectivity index (χ1v) is 8.37. The van der Waals surface area contributed by atoms with Crippen molar-refractivity contribution >= 4 is 17.7 Å². The molecule has 0 aromatic heterocycles. The lowest BCUT2D eigenvalue weighted by atomic mass is 10.2. The van der Waals surface area contributed by atoms with Crippen LogP contribution in [0.3, 0.4) is 0 Å². The van der Waals surface area contributed by atoms with E-state index in [1.807, 2.05) is 6.92 Å². The monoisotopic (exact) mass is 373 g/mol. The number of methoxy groups -OCH3 is 3. The maximum Gasteiger partial charge on any atom is 0.414 e. The Morgan fingerprint density at radius 1 is 0.926 bits per heavy atom. The maximum absolute atomic E-state index is 12.5. The molecule has 2 rings (SSSR count). The van der Waals surface area contributed by atoms with Crippen molar-refractivity contribution in [3.8, 4) is 11.5 Å². The second-order valence-corrected chi connectivity index (χ2v) is 5.56. The fraction of sp³-hybridized carbons (Fsp3) is 0.300. The van der Waals surface area contributed by atoms with E-state index in [0.717, 1.165) is 5.56 Å². The first-order valence-electron chi connectivity index (χ1n) is 8.37. The Morgan fingerprint density at radius 2 is 1.52 bits per heavy atom. The van der Waals surface area contributed by atoms with Gasteiger partial charge in [0.2, 0.25) is 0 Å². The molecule has 0 spiro atoms. The van der Waals surface area contributed by atoms with Crippen LogP contribution in [0.2, 0.25) is 0 Å². The molecule has 0 atom stereocenters. The highest BCUT2D eigenvalue weighted by Crippen LogP contribution is 2.23. The Morgan fingerprint density at radius 3 is 2.00 bits per heavy atom. The summed E-state index contributed by atoms with van der Waals surface area (Å²) in [6, 6.07) is 11.8. The predicted molar refractivity (Wildman–Crippen MR) is 101 cm³/mol. The van der Waals surface area contributed by atoms with Crippen LogP contribution in [0.15, 0.2) is 42.5 Å². The van der Waals surface area contributed by atoms with Gasteiger partial charge in [-0.1, -0.05) is 0 Å². The van der Waals surface area contributed by atoms with E-state index < -0.39 is 12.1 Å². The molecule has 0 saturated heterocycles. The highest BCUT2D eigenvalue weighted by molar-refractivity contribution is 5.91. The lowest BCUT2D eigenvalue weighted by molar-refractivity contribution is 0.0600. The number of hydrogen-bond acceptors (Lipinski definition) is 6. The Balaban J connectivity index is 2.08. The van der Waals surface area contributed by atoms with E-state index in [0.29, 0.717) is 29.3 Å². The van der Waals surface area contributed by atoms with E-state index >= 15 is 0 Å². The van der Waals surface area contributed by atoms with Crippen LogP contribution in [-0.4, -0.2) is 39.9 Å². The molecule has 0 N–H and O–H groups in total. The van der Waals surface area contributed by atoms with E-state index in [9.17, 15) is 9.59 Å². The summed E-state index contributed by atoms with van der Waals surface area (Å²) in [7, 11) is 4.43. The summed E-state index contributed by atoms with van der Waals surface area (Å²) < 4.78 is 20.5. The number of carbonyl (C=O) groups is 2. The van der Waals surface area contributed by atoms with Crippen molar-refractivity contribution in [1.29, 1.82) is 0 Å². The van der Waals surface area contributed by atoms with E-state index in [1.54, 1.807) is 56.7 Å². The van der Waals surface area contributed by atoms with Crippen LogP contribution in [-0.2, 0) is 16.1 Å². The standard InChI is InChI=1S/C20H23NO6/c1-5-21(16-8-6-15(7-9-16)19(22)26-4)20(23)27-13-14-10-17(24-2)12-18(11-14)25-3/h6-12H,5,13H2,1-4H3. The third kappa shape index (κ3) is 5.13. The Kier molecular flexibility index (Phi) is 7.05. The molecular weight excluding hydrogens is 350 g/mol. The summed E-state index contributed by atoms with van der Waals surface area (Å²) >= 11 is 0. The molecule has 0 radical (unpaired) electrons. The number of rotatable bonds is 7. The van der Waals surface area contributed by atoms with Crippen molar-refractivity contribution in [2.75, 3.05) is 32.8 Å². The molecule has 0 aliphatic rings. The quantitative estimate of drug-likeness (QED) is 0.690. The van der Waals surface area contributed by atoms with Gasteiger partial charge in [-0.25, -0.2) is 9.59 Å². The summed E-state index contributed by atoms with van der Waals surface area (Å²) in [5.41, 5.74) is 1.78. The molecule has 27 heavy (non-hydrogen) atoms. The van der Waals surface area contributed by atoms with Gasteiger partial charge in [-0.15, -0.1) is 0 Å². The second kappa shape index (κ2) is 9.47. The number of ether oxygens (including phenoxy) is 4. The van der Waals surface area contributed by atoms with Crippen molar-refractivity contribution < 1.29 is 28.5 Å². The zero-order valence-corrected chi connectivity index (χ0v) is 15.9. The predicted octanol–water partition coefficient (Wildman–Crippen LogP) is 3.65. The SMILES string of the molecule is CCN(C(=O)OCc1cc(OC)cc(OC)c1)c1ccc(C(=O)OC)cc1. The Labute approximate surface area is 158 Å². The van der Waals surface area contributed by atoms with Gasteiger partial charge in [0.25, 0.3) is 0 Å². The van der Waals surface area contributed by atoms with Gasteiger partial charge >= 0.3 is 12.1 Å². The lowest BCUT2D eigenvalue weighted by Crippen LogP contribution is -2.31. The molecule has 0 aliphatic carbocycles. The number of carbonyl (C=O) groups excluding carboxylic acids is 2.